The highest BCUT2D eigenvalue weighted by Gasteiger charge is 2.33. The summed E-state index contributed by atoms with van der Waals surface area (Å²) in [6.45, 7) is 3.33. The summed E-state index contributed by atoms with van der Waals surface area (Å²) in [7, 11) is 0. The van der Waals surface area contributed by atoms with E-state index in [4.69, 9.17) is 4.74 Å². The van der Waals surface area contributed by atoms with E-state index in [1.54, 1.807) is 0 Å². The van der Waals surface area contributed by atoms with Gasteiger partial charge in [-0.2, -0.15) is 0 Å². The maximum Gasteiger partial charge on any atom is 0.0716 e. The Morgan fingerprint density at radius 3 is 2.00 bits per heavy atom. The smallest absolute Gasteiger partial charge is 0.0716 e. The van der Waals surface area contributed by atoms with Gasteiger partial charge in [0.15, 0.2) is 0 Å². The van der Waals surface area contributed by atoms with Crippen molar-refractivity contribution in [3.63, 3.8) is 0 Å². The molecule has 1 unspecified atom stereocenters. The van der Waals surface area contributed by atoms with Crippen LogP contribution in [0.5, 0.6) is 0 Å². The topological polar surface area (TPSA) is 52.9 Å². The fourth-order valence-electron chi connectivity index (χ4n) is 4.27. The molecule has 0 aromatic heterocycles. The average Bonchev–Trinajstić information content (AvgIpc) is 2.78. The first-order valence-corrected chi connectivity index (χ1v) is 9.50. The first-order chi connectivity index (χ1) is 12.6. The molecule has 2 heterocycles. The average molecular weight is 481 g/mol. The van der Waals surface area contributed by atoms with E-state index in [1.807, 2.05) is 0 Å². The molecule has 2 aliphatic heterocycles. The number of hydrogen-bond acceptors (Lipinski definition) is 4. The number of rotatable bonds is 4. The van der Waals surface area contributed by atoms with Gasteiger partial charge >= 0.3 is 0 Å². The van der Waals surface area contributed by atoms with E-state index in [2.05, 4.69) is 53.4 Å². The summed E-state index contributed by atoms with van der Waals surface area (Å²) in [6.07, 6.45) is 1.08. The third-order valence-electron chi connectivity index (χ3n) is 5.62. The number of ether oxygens (including phenoxy) is 1. The summed E-state index contributed by atoms with van der Waals surface area (Å²) in [5.74, 6) is 0. The van der Waals surface area contributed by atoms with Crippen LogP contribution in [0.2, 0.25) is 0 Å². The molecule has 1 fully saturated rings. The highest BCUT2D eigenvalue weighted by atomic mass is 127. The molecule has 0 aliphatic carbocycles. The fraction of sp³-hybridized carbons (Fsp3) is 0.455. The first-order valence-electron chi connectivity index (χ1n) is 9.50. The van der Waals surface area contributed by atoms with Crippen molar-refractivity contribution in [3.05, 3.63) is 59.7 Å². The number of β-amino-alcohol motifs (C(OH)–C–C–N with tert-alkyl or cyclic N) is 1. The van der Waals surface area contributed by atoms with E-state index < -0.39 is 11.7 Å². The molecule has 5 heteroatoms. The van der Waals surface area contributed by atoms with Gasteiger partial charge in [0.25, 0.3) is 0 Å². The van der Waals surface area contributed by atoms with Crippen molar-refractivity contribution >= 4 is 24.0 Å². The molecule has 0 amide bonds. The van der Waals surface area contributed by atoms with Gasteiger partial charge in [0.05, 0.1) is 11.7 Å². The third kappa shape index (κ3) is 4.90. The monoisotopic (exact) mass is 481 g/mol. The summed E-state index contributed by atoms with van der Waals surface area (Å²) in [5, 5.41) is 21.3. The Kier molecular flexibility index (Phi) is 6.92. The lowest BCUT2D eigenvalue weighted by atomic mass is 9.88. The van der Waals surface area contributed by atoms with Crippen molar-refractivity contribution in [1.82, 2.24) is 4.90 Å². The highest BCUT2D eigenvalue weighted by molar-refractivity contribution is 14.0. The van der Waals surface area contributed by atoms with Gasteiger partial charge in [-0.3, -0.25) is 4.90 Å². The lowest BCUT2D eigenvalue weighted by Gasteiger charge is -2.35. The maximum absolute atomic E-state index is 10.7. The molecule has 2 N–H and O–H groups in total. The van der Waals surface area contributed by atoms with Crippen LogP contribution in [0.15, 0.2) is 48.5 Å². The number of aliphatic hydroxyl groups excluding tert-OH is 1. The van der Waals surface area contributed by atoms with Gasteiger partial charge in [0.1, 0.15) is 0 Å². The third-order valence-corrected chi connectivity index (χ3v) is 5.62. The van der Waals surface area contributed by atoms with Gasteiger partial charge in [-0.15, -0.1) is 24.0 Å². The molecular formula is C22H28INO3. The van der Waals surface area contributed by atoms with E-state index in [1.165, 1.54) is 22.3 Å². The summed E-state index contributed by atoms with van der Waals surface area (Å²) in [5.41, 5.74) is 4.34. The Hall–Kier alpha value is -0.990. The van der Waals surface area contributed by atoms with Crippen LogP contribution in [-0.4, -0.2) is 46.6 Å². The van der Waals surface area contributed by atoms with Crippen LogP contribution in [0.3, 0.4) is 0 Å². The van der Waals surface area contributed by atoms with Gasteiger partial charge in [-0.1, -0.05) is 48.5 Å². The van der Waals surface area contributed by atoms with Crippen LogP contribution in [0.4, 0.5) is 0 Å². The number of halogens is 1. The zero-order chi connectivity index (χ0) is 18.0. The standard InChI is InChI=1S/C22H27NO3.HI/c24-19(13-22(25)9-11-26-12-10-22)16-23-14-17-5-1-3-7-20(17)21-8-4-2-6-18(21)15-23;/h1-8,19,24-25H,9-16H2;1H. The van der Waals surface area contributed by atoms with E-state index in [0.717, 1.165) is 13.1 Å². The predicted molar refractivity (Wildman–Crippen MR) is 117 cm³/mol. The van der Waals surface area contributed by atoms with Crippen molar-refractivity contribution in [2.75, 3.05) is 19.8 Å². The summed E-state index contributed by atoms with van der Waals surface area (Å²) >= 11 is 0. The molecule has 1 atom stereocenters. The van der Waals surface area contributed by atoms with Crippen molar-refractivity contribution in [3.8, 4) is 11.1 Å². The molecule has 146 valence electrons. The molecule has 0 bridgehead atoms. The van der Waals surface area contributed by atoms with Gasteiger partial charge < -0.3 is 14.9 Å². The lowest BCUT2D eigenvalue weighted by Crippen LogP contribution is -2.42. The molecule has 4 nitrogen and oxygen atoms in total. The number of aliphatic hydroxyl groups is 2. The number of hydrogen-bond donors (Lipinski definition) is 2. The Morgan fingerprint density at radius 2 is 1.44 bits per heavy atom. The first kappa shape index (κ1) is 20.7. The molecule has 0 saturated carbocycles. The van der Waals surface area contributed by atoms with Crippen molar-refractivity contribution < 1.29 is 14.9 Å². The largest absolute Gasteiger partial charge is 0.392 e. The second kappa shape index (κ2) is 9.01. The van der Waals surface area contributed by atoms with Crippen LogP contribution in [0.1, 0.15) is 30.4 Å². The molecule has 1 saturated heterocycles. The number of fused-ring (bicyclic) bond motifs is 3. The number of nitrogens with zero attached hydrogens (tertiary/aromatic N) is 1. The van der Waals surface area contributed by atoms with E-state index >= 15 is 0 Å². The molecular weight excluding hydrogens is 453 g/mol. The SMILES string of the molecule is I.OC(CN1Cc2ccccc2-c2ccccc2C1)CC1(O)CCOCC1. The van der Waals surface area contributed by atoms with Crippen molar-refractivity contribution in [2.45, 2.75) is 44.1 Å². The fourth-order valence-corrected chi connectivity index (χ4v) is 4.27. The molecule has 2 aromatic carbocycles. The maximum atomic E-state index is 10.7. The summed E-state index contributed by atoms with van der Waals surface area (Å²) in [6, 6.07) is 17.0. The van der Waals surface area contributed by atoms with Crippen LogP contribution < -0.4 is 0 Å². The lowest BCUT2D eigenvalue weighted by molar-refractivity contribution is -0.0898. The second-order valence-corrected chi connectivity index (χ2v) is 7.68. The van der Waals surface area contributed by atoms with Gasteiger partial charge in [0.2, 0.25) is 0 Å². The quantitative estimate of drug-likeness (QED) is 0.656. The Balaban J connectivity index is 0.00000210. The summed E-state index contributed by atoms with van der Waals surface area (Å²) in [4.78, 5) is 2.29. The van der Waals surface area contributed by atoms with Crippen molar-refractivity contribution in [2.24, 2.45) is 0 Å². The highest BCUT2D eigenvalue weighted by Crippen LogP contribution is 2.33. The molecule has 27 heavy (non-hydrogen) atoms. The normalized spacial score (nSPS) is 19.9. The van der Waals surface area contributed by atoms with Gasteiger partial charge in [0, 0.05) is 39.3 Å². The van der Waals surface area contributed by atoms with Crippen LogP contribution >= 0.6 is 24.0 Å². The van der Waals surface area contributed by atoms with Gasteiger partial charge in [-0.05, 0) is 35.1 Å². The Morgan fingerprint density at radius 1 is 0.926 bits per heavy atom. The van der Waals surface area contributed by atoms with E-state index in [-0.39, 0.29) is 24.0 Å². The van der Waals surface area contributed by atoms with Crippen LogP contribution in [0, 0.1) is 0 Å². The van der Waals surface area contributed by atoms with E-state index in [9.17, 15) is 10.2 Å². The molecule has 0 radical (unpaired) electrons. The minimum atomic E-state index is -0.792. The minimum absolute atomic E-state index is 0. The molecule has 2 aliphatic rings. The summed E-state index contributed by atoms with van der Waals surface area (Å²) < 4.78 is 5.34. The van der Waals surface area contributed by atoms with Crippen LogP contribution in [-0.2, 0) is 17.8 Å². The molecule has 0 spiro atoms. The second-order valence-electron chi connectivity index (χ2n) is 7.68. The predicted octanol–water partition coefficient (Wildman–Crippen LogP) is 3.58. The van der Waals surface area contributed by atoms with Gasteiger partial charge in [-0.25, -0.2) is 0 Å². The minimum Gasteiger partial charge on any atom is -0.392 e. The zero-order valence-electron chi connectivity index (χ0n) is 15.5. The number of benzene rings is 2. The Bertz CT molecular complexity index is 713. The Labute approximate surface area is 178 Å². The zero-order valence-corrected chi connectivity index (χ0v) is 17.8. The molecule has 4 rings (SSSR count). The van der Waals surface area contributed by atoms with E-state index in [0.29, 0.717) is 39.0 Å². The van der Waals surface area contributed by atoms with Crippen LogP contribution in [0.25, 0.3) is 11.1 Å². The molecule has 2 aromatic rings. The van der Waals surface area contributed by atoms with Crippen molar-refractivity contribution in [1.29, 1.82) is 0 Å².